The lowest BCUT2D eigenvalue weighted by Crippen LogP contribution is -2.17. The van der Waals surface area contributed by atoms with E-state index in [1.54, 1.807) is 0 Å². The maximum absolute atomic E-state index is 10.8. The number of methoxy groups -OCH3 is 1. The van der Waals surface area contributed by atoms with Gasteiger partial charge in [-0.15, -0.1) is 0 Å². The molecule has 0 saturated carbocycles. The van der Waals surface area contributed by atoms with Crippen LogP contribution in [0, 0.1) is 6.92 Å². The third kappa shape index (κ3) is 3.81. The highest BCUT2D eigenvalue weighted by atomic mass is 32.2. The van der Waals surface area contributed by atoms with Crippen molar-refractivity contribution in [2.75, 3.05) is 19.4 Å². The van der Waals surface area contributed by atoms with E-state index in [9.17, 15) is 4.79 Å². The number of esters is 1. The van der Waals surface area contributed by atoms with Gasteiger partial charge in [0.05, 0.1) is 7.11 Å². The fourth-order valence-electron chi connectivity index (χ4n) is 0.962. The second-order valence-corrected chi connectivity index (χ2v) is 3.98. The van der Waals surface area contributed by atoms with Crippen molar-refractivity contribution in [1.29, 1.82) is 0 Å². The zero-order valence-electron chi connectivity index (χ0n) is 8.74. The second-order valence-electron chi connectivity index (χ2n) is 3.02. The second kappa shape index (κ2) is 5.63. The third-order valence-electron chi connectivity index (χ3n) is 1.88. The van der Waals surface area contributed by atoms with Gasteiger partial charge in [-0.25, -0.2) is 4.72 Å². The Hall–Kier alpha value is -1.20. The van der Waals surface area contributed by atoms with Crippen molar-refractivity contribution in [3.63, 3.8) is 0 Å². The highest BCUT2D eigenvalue weighted by molar-refractivity contribution is 7.97. The van der Waals surface area contributed by atoms with Gasteiger partial charge in [-0.3, -0.25) is 4.79 Å². The van der Waals surface area contributed by atoms with Gasteiger partial charge < -0.3 is 10.5 Å². The number of nitrogen functional groups attached to an aromatic ring is 1. The summed E-state index contributed by atoms with van der Waals surface area (Å²) >= 11 is 1.38. The topological polar surface area (TPSA) is 64.3 Å². The predicted octanol–water partition coefficient (Wildman–Crippen LogP) is 1.35. The molecule has 0 spiro atoms. The highest BCUT2D eigenvalue weighted by Gasteiger charge is 2.01. The van der Waals surface area contributed by atoms with E-state index in [2.05, 4.69) is 9.46 Å². The van der Waals surface area contributed by atoms with Gasteiger partial charge in [0.2, 0.25) is 0 Å². The minimum absolute atomic E-state index is 0.185. The van der Waals surface area contributed by atoms with Gasteiger partial charge in [0.25, 0.3) is 0 Å². The van der Waals surface area contributed by atoms with Crippen LogP contribution in [0.1, 0.15) is 5.56 Å². The van der Waals surface area contributed by atoms with E-state index in [0.717, 1.165) is 16.1 Å². The number of benzene rings is 1. The van der Waals surface area contributed by atoms with Crippen molar-refractivity contribution in [2.24, 2.45) is 0 Å². The van der Waals surface area contributed by atoms with Gasteiger partial charge in [-0.1, -0.05) is 0 Å². The Morgan fingerprint density at radius 1 is 1.60 bits per heavy atom. The van der Waals surface area contributed by atoms with Crippen LogP contribution in [0.4, 0.5) is 5.69 Å². The molecule has 82 valence electrons. The molecule has 1 aromatic carbocycles. The van der Waals surface area contributed by atoms with Crippen molar-refractivity contribution in [3.05, 3.63) is 23.8 Å². The molecule has 0 aromatic heterocycles. The first kappa shape index (κ1) is 11.9. The summed E-state index contributed by atoms with van der Waals surface area (Å²) in [6, 6.07) is 5.71. The Balaban J connectivity index is 2.44. The lowest BCUT2D eigenvalue weighted by atomic mass is 10.2. The molecule has 1 rings (SSSR count). The lowest BCUT2D eigenvalue weighted by molar-refractivity contribution is -0.139. The van der Waals surface area contributed by atoms with Gasteiger partial charge in [-0.05, 0) is 42.6 Å². The van der Waals surface area contributed by atoms with Crippen LogP contribution in [-0.4, -0.2) is 19.6 Å². The standard InChI is InChI=1S/C10H14N2O2S/c1-7-5-8(3-4-9(7)11)15-12-6-10(13)14-2/h3-5,12H,6,11H2,1-2H3. The van der Waals surface area contributed by atoms with Gasteiger partial charge in [-0.2, -0.15) is 0 Å². The fraction of sp³-hybridized carbons (Fsp3) is 0.300. The summed E-state index contributed by atoms with van der Waals surface area (Å²) in [6.07, 6.45) is 0. The molecule has 5 heteroatoms. The normalized spacial score (nSPS) is 10.0. The summed E-state index contributed by atoms with van der Waals surface area (Å²) < 4.78 is 7.40. The number of hydrogen-bond acceptors (Lipinski definition) is 5. The first-order chi connectivity index (χ1) is 7.13. The third-order valence-corrected chi connectivity index (χ3v) is 2.65. The van der Waals surface area contributed by atoms with Crippen LogP contribution in [0.3, 0.4) is 0 Å². The van der Waals surface area contributed by atoms with Gasteiger partial charge in [0, 0.05) is 10.6 Å². The molecule has 0 radical (unpaired) electrons. The molecule has 4 nitrogen and oxygen atoms in total. The first-order valence-electron chi connectivity index (χ1n) is 4.46. The molecule has 0 bridgehead atoms. The van der Waals surface area contributed by atoms with Crippen molar-refractivity contribution < 1.29 is 9.53 Å². The van der Waals surface area contributed by atoms with E-state index in [1.165, 1.54) is 19.1 Å². The number of nitrogens with two attached hydrogens (primary N) is 1. The van der Waals surface area contributed by atoms with E-state index < -0.39 is 0 Å². The summed E-state index contributed by atoms with van der Waals surface area (Å²) in [5.41, 5.74) is 7.48. The SMILES string of the molecule is COC(=O)CNSc1ccc(N)c(C)c1. The Kier molecular flexibility index (Phi) is 4.45. The highest BCUT2D eigenvalue weighted by Crippen LogP contribution is 2.19. The smallest absolute Gasteiger partial charge is 0.320 e. The average Bonchev–Trinajstić information content (AvgIpc) is 2.23. The Morgan fingerprint density at radius 2 is 2.33 bits per heavy atom. The minimum atomic E-state index is -0.283. The molecule has 0 amide bonds. The Bertz CT molecular complexity index is 355. The number of carbonyl (C=O) groups is 1. The molecular weight excluding hydrogens is 212 g/mol. The molecule has 15 heavy (non-hydrogen) atoms. The molecule has 0 aliphatic rings. The van der Waals surface area contributed by atoms with Crippen LogP contribution in [0.25, 0.3) is 0 Å². The minimum Gasteiger partial charge on any atom is -0.468 e. The molecule has 0 fully saturated rings. The van der Waals surface area contributed by atoms with E-state index in [1.807, 2.05) is 25.1 Å². The van der Waals surface area contributed by atoms with Crippen molar-refractivity contribution >= 4 is 23.6 Å². The number of aryl methyl sites for hydroxylation is 1. The molecular formula is C10H14N2O2S. The predicted molar refractivity (Wildman–Crippen MR) is 61.5 cm³/mol. The fourth-order valence-corrected chi connectivity index (χ4v) is 1.69. The quantitative estimate of drug-likeness (QED) is 0.461. The first-order valence-corrected chi connectivity index (χ1v) is 5.28. The van der Waals surface area contributed by atoms with Crippen molar-refractivity contribution in [1.82, 2.24) is 4.72 Å². The summed E-state index contributed by atoms with van der Waals surface area (Å²) in [5, 5.41) is 0. The number of rotatable bonds is 4. The van der Waals surface area contributed by atoms with Crippen LogP contribution in [0.5, 0.6) is 0 Å². The summed E-state index contributed by atoms with van der Waals surface area (Å²) in [6.45, 7) is 2.13. The molecule has 0 saturated heterocycles. The van der Waals surface area contributed by atoms with E-state index in [0.29, 0.717) is 0 Å². The number of ether oxygens (including phenoxy) is 1. The molecule has 3 N–H and O–H groups in total. The Morgan fingerprint density at radius 3 is 2.93 bits per heavy atom. The monoisotopic (exact) mass is 226 g/mol. The van der Waals surface area contributed by atoms with Crippen LogP contribution in [0.15, 0.2) is 23.1 Å². The van der Waals surface area contributed by atoms with Crippen molar-refractivity contribution in [2.45, 2.75) is 11.8 Å². The lowest BCUT2D eigenvalue weighted by Gasteiger charge is -2.05. The molecule has 0 heterocycles. The molecule has 0 atom stereocenters. The van der Waals surface area contributed by atoms with Crippen molar-refractivity contribution in [3.8, 4) is 0 Å². The maximum Gasteiger partial charge on any atom is 0.320 e. The number of carbonyl (C=O) groups excluding carboxylic acids is 1. The summed E-state index contributed by atoms with van der Waals surface area (Å²) in [5.74, 6) is -0.283. The van der Waals surface area contributed by atoms with Gasteiger partial charge in [0.15, 0.2) is 0 Å². The summed E-state index contributed by atoms with van der Waals surface area (Å²) in [7, 11) is 1.36. The van der Waals surface area contributed by atoms with Gasteiger partial charge in [0.1, 0.15) is 6.54 Å². The zero-order chi connectivity index (χ0) is 11.3. The maximum atomic E-state index is 10.8. The zero-order valence-corrected chi connectivity index (χ0v) is 9.56. The van der Waals surface area contributed by atoms with E-state index in [4.69, 9.17) is 5.73 Å². The largest absolute Gasteiger partial charge is 0.468 e. The van der Waals surface area contributed by atoms with Crippen LogP contribution < -0.4 is 10.5 Å². The average molecular weight is 226 g/mol. The molecule has 1 aromatic rings. The number of hydrogen-bond donors (Lipinski definition) is 2. The van der Waals surface area contributed by atoms with E-state index in [-0.39, 0.29) is 12.5 Å². The van der Waals surface area contributed by atoms with Crippen LogP contribution in [0.2, 0.25) is 0 Å². The molecule has 0 unspecified atom stereocenters. The van der Waals surface area contributed by atoms with Crippen LogP contribution in [-0.2, 0) is 9.53 Å². The molecule has 0 aliphatic carbocycles. The van der Waals surface area contributed by atoms with Crippen LogP contribution >= 0.6 is 11.9 Å². The number of anilines is 1. The Labute approximate surface area is 93.3 Å². The summed E-state index contributed by atoms with van der Waals surface area (Å²) in [4.78, 5) is 11.8. The van der Waals surface area contributed by atoms with E-state index >= 15 is 0 Å². The molecule has 0 aliphatic heterocycles. The van der Waals surface area contributed by atoms with Gasteiger partial charge >= 0.3 is 5.97 Å². The number of nitrogens with one attached hydrogen (secondary N) is 1.